The van der Waals surface area contributed by atoms with Crippen molar-refractivity contribution < 1.29 is 41.6 Å². The van der Waals surface area contributed by atoms with Crippen LogP contribution in [0.1, 0.15) is 81.8 Å². The zero-order valence-corrected chi connectivity index (χ0v) is 52.3. The molecule has 92 heavy (non-hydrogen) atoms. The number of nitrogens with zero attached hydrogens (tertiary/aromatic N) is 9. The van der Waals surface area contributed by atoms with Crippen LogP contribution in [0.5, 0.6) is 0 Å². The Morgan fingerprint density at radius 3 is 1.38 bits per heavy atom. The minimum absolute atomic E-state index is 0.118. The molecule has 1 saturated heterocycles. The van der Waals surface area contributed by atoms with E-state index >= 15 is 0 Å². The summed E-state index contributed by atoms with van der Waals surface area (Å²) in [5.74, 6) is -1.63. The summed E-state index contributed by atoms with van der Waals surface area (Å²) in [6.07, 6.45) is 8.61. The second kappa shape index (κ2) is 33.5. The van der Waals surface area contributed by atoms with Crippen molar-refractivity contribution in [2.45, 2.75) is 64.0 Å². The third-order valence-electron chi connectivity index (χ3n) is 13.3. The lowest BCUT2D eigenvalue weighted by Gasteiger charge is -2.32. The Labute approximate surface area is 537 Å². The van der Waals surface area contributed by atoms with Crippen LogP contribution in [0.2, 0.25) is 0 Å². The first-order valence-electron chi connectivity index (χ1n) is 27.3. The number of pyridine rings is 5. The topological polar surface area (TPSA) is 237 Å². The molecule has 4 aromatic carbocycles. The van der Waals surface area contributed by atoms with Gasteiger partial charge in [-0.25, -0.2) is 56.7 Å². The van der Waals surface area contributed by atoms with Crippen molar-refractivity contribution in [2.75, 3.05) is 16.8 Å². The fraction of sp³-hybridized carbons (Fsp3) is 0.179. The molecule has 25 heteroatoms. The van der Waals surface area contributed by atoms with Crippen LogP contribution in [0.15, 0.2) is 174 Å². The first-order chi connectivity index (χ1) is 43.5. The van der Waals surface area contributed by atoms with Gasteiger partial charge in [0.25, 0.3) is 5.91 Å². The minimum atomic E-state index is -1.03. The van der Waals surface area contributed by atoms with E-state index in [0.717, 1.165) is 33.3 Å². The van der Waals surface area contributed by atoms with Crippen LogP contribution in [0.4, 0.5) is 57.8 Å². The summed E-state index contributed by atoms with van der Waals surface area (Å²) in [4.78, 5) is 69.6. The number of carboxylic acids is 1. The Morgan fingerprint density at radius 1 is 0.565 bits per heavy atom. The van der Waals surface area contributed by atoms with Gasteiger partial charge in [0.05, 0.1) is 48.6 Å². The molecular formula is C67H60BBrF4N12O7. The van der Waals surface area contributed by atoms with Crippen LogP contribution >= 0.6 is 15.9 Å². The number of nitrogen functional groups attached to an aromatic ring is 2. The molecule has 6 heterocycles. The van der Waals surface area contributed by atoms with Gasteiger partial charge in [-0.05, 0) is 143 Å². The van der Waals surface area contributed by atoms with E-state index in [-0.39, 0.29) is 58.2 Å². The number of carbonyl (C=O) groups is 2. The number of aromatic carboxylic acids is 1. The van der Waals surface area contributed by atoms with E-state index in [2.05, 4.69) is 55.6 Å². The third-order valence-corrected chi connectivity index (χ3v) is 13.9. The molecule has 1 amide bonds. The molecular weight excluding hydrogens is 1250 g/mol. The average molecular weight is 1310 g/mol. The molecule has 0 aliphatic carbocycles. The summed E-state index contributed by atoms with van der Waals surface area (Å²) in [5, 5.41) is 11.7. The van der Waals surface area contributed by atoms with Crippen LogP contribution in [-0.4, -0.2) is 59.4 Å². The summed E-state index contributed by atoms with van der Waals surface area (Å²) >= 11 is 3.19. The molecule has 5 aromatic heterocycles. The number of carboxylic acid groups (broad SMARTS) is 1. The van der Waals surface area contributed by atoms with Gasteiger partial charge in [0.15, 0.2) is 22.7 Å². The largest absolute Gasteiger partial charge is 0.496 e. The van der Waals surface area contributed by atoms with E-state index < -0.39 is 17.6 Å². The second-order valence-electron chi connectivity index (χ2n) is 21.1. The number of rotatable bonds is 9. The molecule has 0 radical (unpaired) electrons. The smallest absolute Gasteiger partial charge is 0.478 e. The Balaban J connectivity index is 0.000000209. The first-order valence-corrected chi connectivity index (χ1v) is 28.5. The molecule has 0 atom stereocenters. The predicted molar refractivity (Wildman–Crippen MR) is 349 cm³/mol. The number of halogens is 5. The van der Waals surface area contributed by atoms with Crippen LogP contribution in [-0.2, 0) is 41.6 Å². The number of benzene rings is 4. The Bertz CT molecular complexity index is 4340. The van der Waals surface area contributed by atoms with Gasteiger partial charge in [-0.1, -0.05) is 75.1 Å². The van der Waals surface area contributed by atoms with Crippen LogP contribution in [0.25, 0.3) is 19.4 Å². The van der Waals surface area contributed by atoms with Gasteiger partial charge in [-0.15, -0.1) is 0 Å². The monoisotopic (exact) mass is 1310 g/mol. The molecule has 0 unspecified atom stereocenters. The Kier molecular flexibility index (Phi) is 26.1. The van der Waals surface area contributed by atoms with Crippen LogP contribution in [0.3, 0.4) is 0 Å². The van der Waals surface area contributed by atoms with E-state index in [1.807, 2.05) is 39.8 Å². The summed E-state index contributed by atoms with van der Waals surface area (Å²) in [6.45, 7) is 37.0. The predicted octanol–water partition coefficient (Wildman–Crippen LogP) is 13.3. The van der Waals surface area contributed by atoms with E-state index in [0.29, 0.717) is 63.8 Å². The molecule has 10 rings (SSSR count). The molecule has 9 aromatic rings. The van der Waals surface area contributed by atoms with Gasteiger partial charge in [0.2, 0.25) is 11.1 Å². The van der Waals surface area contributed by atoms with Crippen molar-refractivity contribution in [3.63, 3.8) is 0 Å². The molecule has 1 fully saturated rings. The van der Waals surface area contributed by atoms with Gasteiger partial charge in [-0.2, -0.15) is 0 Å². The number of anilines is 3. The first kappa shape index (κ1) is 71.7. The number of aromatic nitrogens is 5. The molecule has 468 valence electrons. The van der Waals surface area contributed by atoms with Crippen molar-refractivity contribution in [1.29, 1.82) is 0 Å². The van der Waals surface area contributed by atoms with Gasteiger partial charge >= 0.3 is 13.1 Å². The second-order valence-corrected chi connectivity index (χ2v) is 21.7. The van der Waals surface area contributed by atoms with Crippen molar-refractivity contribution in [2.24, 2.45) is 14.1 Å². The minimum Gasteiger partial charge on any atom is -0.478 e. The van der Waals surface area contributed by atoms with Crippen LogP contribution < -0.4 is 33.4 Å². The number of nitrogens with one attached hydrogen (secondary N) is 1. The SMILES string of the molecule is CC1(C)OB(c2ccc(N)nc2)OC1(C)C.Cn1cc(C(=O)O)ccc1=O.[C-]#[N+]c1cc(C)cc(F)c1.[C-]#[N+]c1cc(F)cc(CBr)c1.[C-]#[N+]c1cc(F)cc(Cc2ccc(N)nc2)c1.[C-]#[N+]c1cc(F)cc(Cc2ccc(NC(=O)c3ccc(=O)n(C)c3)nc2)c1. The highest BCUT2D eigenvalue weighted by molar-refractivity contribution is 9.08. The highest BCUT2D eigenvalue weighted by Crippen LogP contribution is 2.36. The maximum atomic E-state index is 13.5. The number of carbonyl (C=O) groups excluding carboxylic acids is 1. The Morgan fingerprint density at radius 2 is 0.978 bits per heavy atom. The number of nitrogens with two attached hydrogens (primary N) is 2. The molecule has 19 nitrogen and oxygen atoms in total. The number of hydrogen-bond acceptors (Lipinski definition) is 11. The maximum absolute atomic E-state index is 13.5. The van der Waals surface area contributed by atoms with E-state index in [4.69, 9.17) is 52.2 Å². The summed E-state index contributed by atoms with van der Waals surface area (Å²) in [6, 6.07) is 32.9. The highest BCUT2D eigenvalue weighted by Gasteiger charge is 2.51. The lowest BCUT2D eigenvalue weighted by molar-refractivity contribution is 0.00578. The van der Waals surface area contributed by atoms with Crippen molar-refractivity contribution in [3.8, 4) is 0 Å². The molecule has 1 aliphatic rings. The lowest BCUT2D eigenvalue weighted by atomic mass is 9.80. The fourth-order valence-corrected chi connectivity index (χ4v) is 8.27. The number of hydrogen-bond donors (Lipinski definition) is 4. The third kappa shape index (κ3) is 22.5. The number of amides is 1. The fourth-order valence-electron chi connectivity index (χ4n) is 7.94. The molecule has 1 aliphatic heterocycles. The van der Waals surface area contributed by atoms with Crippen molar-refractivity contribution in [3.05, 3.63) is 299 Å². The van der Waals surface area contributed by atoms with Gasteiger partial charge in [-0.3, -0.25) is 14.4 Å². The lowest BCUT2D eigenvalue weighted by Crippen LogP contribution is -2.41. The average Bonchev–Trinajstić information content (AvgIpc) is 1.64. The quantitative estimate of drug-likeness (QED) is 0.0457. The normalized spacial score (nSPS) is 11.9. The Hall–Kier alpha value is -11.1. The zero-order chi connectivity index (χ0) is 67.9. The van der Waals surface area contributed by atoms with E-state index in [1.54, 1.807) is 81.1 Å². The van der Waals surface area contributed by atoms with Gasteiger partial charge in [0.1, 0.15) is 40.7 Å². The highest BCUT2D eigenvalue weighted by atomic mass is 79.9. The van der Waals surface area contributed by atoms with Crippen molar-refractivity contribution in [1.82, 2.24) is 24.1 Å². The van der Waals surface area contributed by atoms with Crippen molar-refractivity contribution >= 4 is 80.6 Å². The molecule has 0 spiro atoms. The van der Waals surface area contributed by atoms with E-state index in [1.165, 1.54) is 101 Å². The molecule has 6 N–H and O–H groups in total. The molecule has 0 saturated carbocycles. The standard InChI is InChI=1S/C20H15FN4O2.C13H10FN3.C11H17BN2O2.C8H5BrFN.C8H6FN.C7H7NO3/c1-22-17-9-14(8-16(21)10-17)7-13-3-5-18(23-11-13)24-20(27)15-4-6-19(26)25(2)12-15;1-16-12-6-10(5-11(14)7-12)4-9-2-3-13(15)17-8-9;1-10(2)11(3,4)16-12(15-10)8-5-6-9(13)14-7-8;1-11-8-3-6(5-9)2-7(10)4-8;1-6-3-7(9)5-8(4-6)10-2;1-8-4-5(7(10)11)2-3-6(8)9/h3-6,8-12H,7H2,2H3,(H,23,24,27);2-3,5-8H,4H2,(H2,15,17);5-7H,1-4H3,(H2,13,14);2-4H,5H2;3-5H,1H3;2-4H,1H3,(H,10,11). The number of alkyl halides is 1. The zero-order valence-electron chi connectivity index (χ0n) is 50.8. The van der Waals surface area contributed by atoms with E-state index in [9.17, 15) is 36.7 Å². The summed E-state index contributed by atoms with van der Waals surface area (Å²) in [5.41, 5.74) is 17.3. The van der Waals surface area contributed by atoms with Gasteiger partial charge < -0.3 is 40.3 Å². The number of aryl methyl sites for hydroxylation is 3. The summed E-state index contributed by atoms with van der Waals surface area (Å²) < 4.78 is 66.1. The maximum Gasteiger partial charge on any atom is 0.496 e. The van der Waals surface area contributed by atoms with Crippen LogP contribution in [0, 0.1) is 56.5 Å². The molecule has 0 bridgehead atoms. The van der Waals surface area contributed by atoms with Gasteiger partial charge in [0, 0.05) is 68.0 Å². The summed E-state index contributed by atoms with van der Waals surface area (Å²) in [7, 11) is 2.71.